The van der Waals surface area contributed by atoms with Crippen molar-refractivity contribution in [1.29, 1.82) is 0 Å². The van der Waals surface area contributed by atoms with Crippen LogP contribution in [-0.4, -0.2) is 49.4 Å². The van der Waals surface area contributed by atoms with Gasteiger partial charge >= 0.3 is 17.8 Å². The molecule has 0 aliphatic carbocycles. The van der Waals surface area contributed by atoms with Gasteiger partial charge in [-0.1, -0.05) is 0 Å². The van der Waals surface area contributed by atoms with Crippen LogP contribution in [0.4, 0.5) is 13.2 Å². The van der Waals surface area contributed by atoms with Crippen molar-refractivity contribution in [3.8, 4) is 11.5 Å². The number of halogens is 3. The summed E-state index contributed by atoms with van der Waals surface area (Å²) in [6.07, 6.45) is -2.89. The number of rotatable bonds is 2. The summed E-state index contributed by atoms with van der Waals surface area (Å²) in [5, 5.41) is 10.6. The summed E-state index contributed by atoms with van der Waals surface area (Å²) in [5.41, 5.74) is 2.99. The molecule has 3 N–H and O–H groups in total. The molecule has 4 rings (SSSR count). The van der Waals surface area contributed by atoms with E-state index in [4.69, 9.17) is 9.90 Å². The van der Waals surface area contributed by atoms with Crippen LogP contribution in [0.2, 0.25) is 0 Å². The molecule has 31 heavy (non-hydrogen) atoms. The minimum atomic E-state index is -5.08. The van der Waals surface area contributed by atoms with Crippen molar-refractivity contribution in [1.82, 2.24) is 24.8 Å². The first-order valence-electron chi connectivity index (χ1n) is 9.42. The summed E-state index contributed by atoms with van der Waals surface area (Å²) in [7, 11) is 0. The number of nitrogens with zero attached hydrogens (tertiary/aromatic N) is 3. The van der Waals surface area contributed by atoms with E-state index in [2.05, 4.69) is 26.3 Å². The van der Waals surface area contributed by atoms with E-state index >= 15 is 0 Å². The molecule has 0 bridgehead atoms. The molecule has 1 aromatic carbocycles. The van der Waals surface area contributed by atoms with E-state index in [-0.39, 0.29) is 5.69 Å². The van der Waals surface area contributed by atoms with Gasteiger partial charge in [0.2, 0.25) is 0 Å². The zero-order valence-corrected chi connectivity index (χ0v) is 16.7. The largest absolute Gasteiger partial charge is 0.490 e. The zero-order chi connectivity index (χ0) is 22.9. The fourth-order valence-electron chi connectivity index (χ4n) is 3.37. The first kappa shape index (κ1) is 22.4. The van der Waals surface area contributed by atoms with Crippen molar-refractivity contribution >= 4 is 17.0 Å². The molecule has 0 aromatic heterocycles. The second-order valence-corrected chi connectivity index (χ2v) is 7.29. The fraction of sp³-hybridized carbons (Fsp3) is 0.421. The summed E-state index contributed by atoms with van der Waals surface area (Å²) < 4.78 is 33.7. The maximum Gasteiger partial charge on any atom is 0.490 e. The molecule has 3 aliphatic heterocycles. The van der Waals surface area contributed by atoms with Gasteiger partial charge in [-0.05, 0) is 56.5 Å². The molecule has 0 saturated carbocycles. The molecule has 1 fully saturated rings. The normalized spacial score (nSPS) is 16.4. The Hall–Kier alpha value is -3.28. The van der Waals surface area contributed by atoms with E-state index in [1.54, 1.807) is 0 Å². The topological polar surface area (TPSA) is 130 Å². The number of benzene rings is 1. The van der Waals surface area contributed by atoms with Gasteiger partial charge in [-0.15, -0.1) is 0 Å². The summed E-state index contributed by atoms with van der Waals surface area (Å²) in [6.45, 7) is 5.72. The number of alkyl halides is 3. The second-order valence-electron chi connectivity index (χ2n) is 7.29. The molecular weight excluding hydrogens is 419 g/mol. The Labute approximate surface area is 173 Å². The highest BCUT2D eigenvalue weighted by atomic mass is 19.4. The quantitative estimate of drug-likeness (QED) is 0.517. The first-order chi connectivity index (χ1) is 14.5. The number of aromatic nitrogens is 4. The molecule has 3 heterocycles. The predicted molar refractivity (Wildman–Crippen MR) is 105 cm³/mol. The van der Waals surface area contributed by atoms with Crippen LogP contribution in [-0.2, 0) is 11.3 Å². The Kier molecular flexibility index (Phi) is 6.11. The molecule has 0 amide bonds. The number of carbonyl (C=O) groups is 1. The number of nitrogens with one attached hydrogen (secondary N) is 2. The average molecular weight is 439 g/mol. The molecule has 1 atom stereocenters. The van der Waals surface area contributed by atoms with Crippen LogP contribution in [0.3, 0.4) is 0 Å². The van der Waals surface area contributed by atoms with Crippen molar-refractivity contribution in [3.63, 3.8) is 0 Å². The van der Waals surface area contributed by atoms with E-state index in [1.807, 2.05) is 24.5 Å². The van der Waals surface area contributed by atoms with Gasteiger partial charge in [0.05, 0.1) is 11.0 Å². The highest BCUT2D eigenvalue weighted by Gasteiger charge is 2.38. The average Bonchev–Trinajstić information content (AvgIpc) is 3.17. The van der Waals surface area contributed by atoms with Crippen LogP contribution < -0.4 is 16.6 Å². The zero-order valence-electron chi connectivity index (χ0n) is 16.7. The van der Waals surface area contributed by atoms with Gasteiger partial charge in [-0.2, -0.15) is 18.2 Å². The Morgan fingerprint density at radius 3 is 2.45 bits per heavy atom. The highest BCUT2D eigenvalue weighted by molar-refractivity contribution is 5.81. The van der Waals surface area contributed by atoms with Gasteiger partial charge in [0.15, 0.2) is 11.5 Å². The number of aromatic amines is 1. The van der Waals surface area contributed by atoms with Gasteiger partial charge in [-0.3, -0.25) is 9.78 Å². The summed E-state index contributed by atoms with van der Waals surface area (Å²) >= 11 is 0. The minimum Gasteiger partial charge on any atom is -0.475 e. The van der Waals surface area contributed by atoms with Crippen molar-refractivity contribution < 1.29 is 23.1 Å². The monoisotopic (exact) mass is 439 g/mol. The SMILES string of the molecule is Cc1cc2nc3c(=O)[nH]c(=O)nc-3n(CC3CCCN3)c2cc1C.O=C(O)C(F)(F)F. The number of hydrogen-bond acceptors (Lipinski definition) is 6. The lowest BCUT2D eigenvalue weighted by Crippen LogP contribution is -2.32. The fourth-order valence-corrected chi connectivity index (χ4v) is 3.37. The molecular formula is C19H20F3N5O4. The number of carboxylic acid groups (broad SMARTS) is 1. The number of fused-ring (bicyclic) bond motifs is 2. The summed E-state index contributed by atoms with van der Waals surface area (Å²) in [6, 6.07) is 4.34. The number of H-pyrrole nitrogens is 1. The van der Waals surface area contributed by atoms with Crippen LogP contribution in [0.25, 0.3) is 22.6 Å². The van der Waals surface area contributed by atoms with Crippen LogP contribution in [0, 0.1) is 13.8 Å². The van der Waals surface area contributed by atoms with Gasteiger partial charge in [0, 0.05) is 12.6 Å². The minimum absolute atomic E-state index is 0.211. The number of carboxylic acids is 1. The van der Waals surface area contributed by atoms with Gasteiger partial charge in [0.1, 0.15) is 0 Å². The molecule has 1 saturated heterocycles. The van der Waals surface area contributed by atoms with Gasteiger partial charge in [-0.25, -0.2) is 14.6 Å². The van der Waals surface area contributed by atoms with E-state index in [9.17, 15) is 22.8 Å². The Morgan fingerprint density at radius 1 is 1.23 bits per heavy atom. The molecule has 3 aliphatic rings. The Morgan fingerprint density at radius 2 is 1.87 bits per heavy atom. The molecule has 9 nitrogen and oxygen atoms in total. The maximum atomic E-state index is 12.2. The van der Waals surface area contributed by atoms with E-state index in [1.165, 1.54) is 0 Å². The van der Waals surface area contributed by atoms with Crippen LogP contribution in [0.15, 0.2) is 21.7 Å². The number of hydrogen-bond donors (Lipinski definition) is 3. The van der Waals surface area contributed by atoms with Crippen molar-refractivity contribution in [2.75, 3.05) is 6.54 Å². The molecule has 1 unspecified atom stereocenters. The number of aryl methyl sites for hydroxylation is 2. The van der Waals surface area contributed by atoms with Crippen LogP contribution in [0.1, 0.15) is 24.0 Å². The van der Waals surface area contributed by atoms with Crippen molar-refractivity contribution in [3.05, 3.63) is 44.1 Å². The third kappa shape index (κ3) is 4.90. The van der Waals surface area contributed by atoms with E-state index in [0.717, 1.165) is 41.5 Å². The third-order valence-corrected chi connectivity index (χ3v) is 5.03. The van der Waals surface area contributed by atoms with Gasteiger partial charge in [0.25, 0.3) is 5.56 Å². The third-order valence-electron chi connectivity index (χ3n) is 5.03. The van der Waals surface area contributed by atoms with E-state index < -0.39 is 23.4 Å². The molecule has 1 aromatic rings. The van der Waals surface area contributed by atoms with Gasteiger partial charge < -0.3 is 15.0 Å². The second kappa shape index (κ2) is 8.46. The van der Waals surface area contributed by atoms with Crippen LogP contribution in [0.5, 0.6) is 0 Å². The van der Waals surface area contributed by atoms with Crippen molar-refractivity contribution in [2.24, 2.45) is 0 Å². The lowest BCUT2D eigenvalue weighted by molar-refractivity contribution is -0.192. The van der Waals surface area contributed by atoms with Crippen LogP contribution >= 0.6 is 0 Å². The molecule has 0 spiro atoms. The smallest absolute Gasteiger partial charge is 0.475 e. The Balaban J connectivity index is 0.000000339. The van der Waals surface area contributed by atoms with Crippen molar-refractivity contribution in [2.45, 2.75) is 45.5 Å². The molecule has 0 radical (unpaired) electrons. The molecule has 12 heteroatoms. The highest BCUT2D eigenvalue weighted by Crippen LogP contribution is 2.25. The number of aliphatic carboxylic acids is 1. The maximum absolute atomic E-state index is 12.2. The predicted octanol–water partition coefficient (Wildman–Crippen LogP) is 1.59. The molecule has 166 valence electrons. The standard InChI is InChI=1S/C17H19N5O2.C2HF3O2/c1-9-6-12-13(7-10(9)2)22(8-11-4-3-5-18-11)15-14(19-12)16(23)21-17(24)20-15;3-2(4,5)1(6)7/h6-7,11,18H,3-5,8H2,1-2H3,(H,21,23,24);(H,6,7). The van der Waals surface area contributed by atoms with E-state index in [0.29, 0.717) is 18.4 Å². The summed E-state index contributed by atoms with van der Waals surface area (Å²) in [5.74, 6) is -2.40. The summed E-state index contributed by atoms with van der Waals surface area (Å²) in [4.78, 5) is 43.5. The first-order valence-corrected chi connectivity index (χ1v) is 9.42. The Bertz CT molecular complexity index is 1210. The lowest BCUT2D eigenvalue weighted by atomic mass is 10.1. The lowest BCUT2D eigenvalue weighted by Gasteiger charge is -2.20.